The number of aromatic nitrogens is 2. The first-order valence-electron chi connectivity index (χ1n) is 8.35. The molecule has 1 aromatic carbocycles. The minimum absolute atomic E-state index is 0.122. The first-order valence-corrected chi connectivity index (χ1v) is 9.13. The first-order chi connectivity index (χ1) is 12.2. The lowest BCUT2D eigenvalue weighted by Gasteiger charge is -2.25. The van der Waals surface area contributed by atoms with E-state index >= 15 is 0 Å². The van der Waals surface area contributed by atoms with Crippen molar-refractivity contribution in [2.45, 2.75) is 46.3 Å². The Morgan fingerprint density at radius 2 is 1.81 bits per heavy atom. The Morgan fingerprint density at radius 3 is 2.38 bits per heavy atom. The van der Waals surface area contributed by atoms with Gasteiger partial charge in [-0.1, -0.05) is 48.7 Å². The van der Waals surface area contributed by atoms with Crippen molar-refractivity contribution >= 4 is 28.5 Å². The molecule has 1 atom stereocenters. The molecule has 140 valence electrons. The van der Waals surface area contributed by atoms with Crippen molar-refractivity contribution in [1.29, 1.82) is 0 Å². The van der Waals surface area contributed by atoms with Crippen LogP contribution in [0.4, 0.5) is 9.80 Å². The van der Waals surface area contributed by atoms with E-state index in [-0.39, 0.29) is 11.8 Å². The van der Waals surface area contributed by atoms with Gasteiger partial charge in [-0.2, -0.15) is 0 Å². The van der Waals surface area contributed by atoms with Crippen LogP contribution in [0, 0.1) is 5.92 Å². The van der Waals surface area contributed by atoms with Gasteiger partial charge in [0.05, 0.1) is 0 Å². The van der Waals surface area contributed by atoms with Crippen molar-refractivity contribution in [3.05, 3.63) is 30.3 Å². The molecule has 2 rings (SSSR count). The third-order valence-corrected chi connectivity index (χ3v) is 4.03. The molecule has 1 aromatic heterocycles. The van der Waals surface area contributed by atoms with Crippen molar-refractivity contribution in [3.63, 3.8) is 0 Å². The summed E-state index contributed by atoms with van der Waals surface area (Å²) in [5.41, 5.74) is 0.825. The van der Waals surface area contributed by atoms with Gasteiger partial charge in [0, 0.05) is 17.1 Å². The van der Waals surface area contributed by atoms with Crippen LogP contribution in [-0.2, 0) is 9.53 Å². The third-order valence-electron chi connectivity index (χ3n) is 3.39. The number of anilines is 1. The fraction of sp³-hybridized carbons (Fsp3) is 0.444. The molecule has 0 saturated carbocycles. The van der Waals surface area contributed by atoms with Crippen LogP contribution in [0.5, 0.6) is 0 Å². The molecule has 0 spiro atoms. The van der Waals surface area contributed by atoms with Crippen molar-refractivity contribution in [2.75, 3.05) is 5.32 Å². The number of carbonyl (C=O) groups is 2. The number of benzene rings is 1. The highest BCUT2D eigenvalue weighted by molar-refractivity contribution is 7.10. The highest BCUT2D eigenvalue weighted by atomic mass is 32.1. The minimum atomic E-state index is -0.740. The van der Waals surface area contributed by atoms with Crippen LogP contribution in [0.15, 0.2) is 30.3 Å². The predicted molar refractivity (Wildman–Crippen MR) is 102 cm³/mol. The Morgan fingerprint density at radius 1 is 1.15 bits per heavy atom. The summed E-state index contributed by atoms with van der Waals surface area (Å²) in [4.78, 5) is 24.7. The summed E-state index contributed by atoms with van der Waals surface area (Å²) >= 11 is 1.09. The monoisotopic (exact) mass is 376 g/mol. The fourth-order valence-corrected chi connectivity index (χ4v) is 2.81. The van der Waals surface area contributed by atoms with Gasteiger partial charge >= 0.3 is 6.09 Å². The smallest absolute Gasteiger partial charge is 0.408 e. The number of hydrogen-bond donors (Lipinski definition) is 2. The van der Waals surface area contributed by atoms with E-state index in [0.717, 1.165) is 17.1 Å². The molecule has 2 amide bonds. The molecule has 0 aliphatic rings. The minimum Gasteiger partial charge on any atom is -0.444 e. The number of alkyl carbamates (subject to hydrolysis) is 1. The number of rotatable bonds is 5. The number of ether oxygens (including phenoxy) is 1. The van der Waals surface area contributed by atoms with E-state index in [1.165, 1.54) is 0 Å². The zero-order chi connectivity index (χ0) is 19.3. The molecule has 0 radical (unpaired) electrons. The Balaban J connectivity index is 2.12. The van der Waals surface area contributed by atoms with Gasteiger partial charge in [0.25, 0.3) is 0 Å². The Labute approximate surface area is 157 Å². The second kappa shape index (κ2) is 8.27. The quantitative estimate of drug-likeness (QED) is 0.830. The molecule has 1 unspecified atom stereocenters. The van der Waals surface area contributed by atoms with E-state index in [0.29, 0.717) is 10.7 Å². The van der Waals surface area contributed by atoms with Crippen molar-refractivity contribution in [1.82, 2.24) is 14.9 Å². The van der Waals surface area contributed by atoms with Crippen LogP contribution in [0.3, 0.4) is 0 Å². The van der Waals surface area contributed by atoms with Crippen LogP contribution < -0.4 is 10.6 Å². The van der Waals surface area contributed by atoms with Crippen LogP contribution >= 0.6 is 11.5 Å². The zero-order valence-electron chi connectivity index (χ0n) is 15.6. The second-order valence-electron chi connectivity index (χ2n) is 7.17. The van der Waals surface area contributed by atoms with Gasteiger partial charge in [0.1, 0.15) is 22.3 Å². The summed E-state index contributed by atoms with van der Waals surface area (Å²) < 4.78 is 9.17. The SMILES string of the molecule is CC(C)C(NC(=O)OC(C)(C)C)C(=O)Nc1snnc1-c1ccccc1. The van der Waals surface area contributed by atoms with Gasteiger partial charge in [-0.05, 0) is 26.7 Å². The van der Waals surface area contributed by atoms with Gasteiger partial charge in [-0.25, -0.2) is 4.79 Å². The highest BCUT2D eigenvalue weighted by Gasteiger charge is 2.28. The van der Waals surface area contributed by atoms with E-state index < -0.39 is 17.7 Å². The van der Waals surface area contributed by atoms with E-state index in [9.17, 15) is 9.59 Å². The lowest BCUT2D eigenvalue weighted by atomic mass is 10.0. The maximum atomic E-state index is 12.7. The number of hydrogen-bond acceptors (Lipinski definition) is 6. The van der Waals surface area contributed by atoms with Gasteiger partial charge in [0.2, 0.25) is 5.91 Å². The lowest BCUT2D eigenvalue weighted by molar-refractivity contribution is -0.119. The summed E-state index contributed by atoms with van der Waals surface area (Å²) in [6.07, 6.45) is -0.628. The normalized spacial score (nSPS) is 12.5. The molecular weight excluding hydrogens is 352 g/mol. The molecule has 8 heteroatoms. The molecular formula is C18H24N4O3S. The third kappa shape index (κ3) is 5.52. The molecule has 0 aliphatic carbocycles. The summed E-state index contributed by atoms with van der Waals surface area (Å²) in [7, 11) is 0. The lowest BCUT2D eigenvalue weighted by Crippen LogP contribution is -2.48. The molecule has 2 aromatic rings. The van der Waals surface area contributed by atoms with Crippen LogP contribution in [0.2, 0.25) is 0 Å². The van der Waals surface area contributed by atoms with Crippen LogP contribution in [0.25, 0.3) is 11.3 Å². The van der Waals surface area contributed by atoms with Gasteiger partial charge in [-0.15, -0.1) is 5.10 Å². The van der Waals surface area contributed by atoms with E-state index in [1.54, 1.807) is 20.8 Å². The number of nitrogens with one attached hydrogen (secondary N) is 2. The van der Waals surface area contributed by atoms with E-state index in [1.807, 2.05) is 44.2 Å². The number of amides is 2. The molecule has 0 aliphatic heterocycles. The average Bonchev–Trinajstić information content (AvgIpc) is 2.99. The largest absolute Gasteiger partial charge is 0.444 e. The summed E-state index contributed by atoms with van der Waals surface area (Å²) in [5, 5.41) is 10.1. The topological polar surface area (TPSA) is 93.2 Å². The van der Waals surface area contributed by atoms with Crippen molar-refractivity contribution in [2.24, 2.45) is 5.92 Å². The summed E-state index contributed by atoms with van der Waals surface area (Å²) in [5.74, 6) is -0.460. The Hall–Kier alpha value is -2.48. The number of nitrogens with zero attached hydrogens (tertiary/aromatic N) is 2. The molecule has 0 fully saturated rings. The van der Waals surface area contributed by atoms with Gasteiger partial charge < -0.3 is 15.4 Å². The average molecular weight is 376 g/mol. The van der Waals surface area contributed by atoms with Crippen LogP contribution in [0.1, 0.15) is 34.6 Å². The van der Waals surface area contributed by atoms with Gasteiger partial charge in [-0.3, -0.25) is 4.79 Å². The summed E-state index contributed by atoms with van der Waals surface area (Å²) in [6, 6.07) is 8.73. The maximum Gasteiger partial charge on any atom is 0.408 e. The zero-order valence-corrected chi connectivity index (χ0v) is 16.4. The van der Waals surface area contributed by atoms with Crippen molar-refractivity contribution < 1.29 is 14.3 Å². The molecule has 26 heavy (non-hydrogen) atoms. The van der Waals surface area contributed by atoms with Crippen LogP contribution in [-0.4, -0.2) is 33.2 Å². The highest BCUT2D eigenvalue weighted by Crippen LogP contribution is 2.28. The molecule has 7 nitrogen and oxygen atoms in total. The van der Waals surface area contributed by atoms with Gasteiger partial charge in [0.15, 0.2) is 0 Å². The maximum absolute atomic E-state index is 12.7. The Kier molecular flexibility index (Phi) is 6.31. The standard InChI is InChI=1S/C18H24N4O3S/c1-11(2)13(19-17(24)25-18(3,4)5)15(23)20-16-14(21-22-26-16)12-9-7-6-8-10-12/h6-11,13H,1-5H3,(H,19,24)(H,20,23). The first kappa shape index (κ1) is 19.8. The fourth-order valence-electron chi connectivity index (χ4n) is 2.22. The second-order valence-corrected chi connectivity index (χ2v) is 7.93. The summed E-state index contributed by atoms with van der Waals surface area (Å²) in [6.45, 7) is 9.01. The predicted octanol–water partition coefficient (Wildman–Crippen LogP) is 3.69. The molecule has 0 bridgehead atoms. The Bertz CT molecular complexity index is 753. The number of carbonyl (C=O) groups excluding carboxylic acids is 2. The molecule has 0 saturated heterocycles. The van der Waals surface area contributed by atoms with Crippen molar-refractivity contribution in [3.8, 4) is 11.3 Å². The molecule has 2 N–H and O–H groups in total. The molecule has 1 heterocycles. The van der Waals surface area contributed by atoms with E-state index in [2.05, 4.69) is 20.2 Å². The van der Waals surface area contributed by atoms with E-state index in [4.69, 9.17) is 4.74 Å².